The van der Waals surface area contributed by atoms with Crippen molar-refractivity contribution in [1.29, 1.82) is 0 Å². The van der Waals surface area contributed by atoms with E-state index in [2.05, 4.69) is 0 Å². The second-order valence-corrected chi connectivity index (χ2v) is 7.82. The van der Waals surface area contributed by atoms with Crippen LogP contribution in [0, 0.1) is 0 Å². The SMILES string of the molecule is CCCC=C(C)C(=O)[O][Al]([O]C(=O)C(C)=CCCC)[O]C(=O)C(C)=CCCC. The molecule has 0 N–H and O–H groups in total. The molecule has 156 valence electrons. The molecule has 28 heavy (non-hydrogen) atoms. The number of hydrogen-bond acceptors (Lipinski definition) is 6. The van der Waals surface area contributed by atoms with Crippen LogP contribution in [0.4, 0.5) is 0 Å². The quantitative estimate of drug-likeness (QED) is 0.340. The van der Waals surface area contributed by atoms with E-state index in [9.17, 15) is 14.4 Å². The summed E-state index contributed by atoms with van der Waals surface area (Å²) < 4.78 is 15.8. The summed E-state index contributed by atoms with van der Waals surface area (Å²) in [6, 6.07) is 0. The highest BCUT2D eigenvalue weighted by Crippen LogP contribution is 2.10. The van der Waals surface area contributed by atoms with E-state index in [1.165, 1.54) is 0 Å². The topological polar surface area (TPSA) is 78.9 Å². The summed E-state index contributed by atoms with van der Waals surface area (Å²) in [4.78, 5) is 36.7. The van der Waals surface area contributed by atoms with Crippen molar-refractivity contribution in [2.45, 2.75) is 80.1 Å². The zero-order valence-corrected chi connectivity index (χ0v) is 19.2. The van der Waals surface area contributed by atoms with E-state index in [0.717, 1.165) is 38.5 Å². The molecule has 6 nitrogen and oxygen atoms in total. The van der Waals surface area contributed by atoms with Crippen LogP contribution in [0.2, 0.25) is 0 Å². The Hall–Kier alpha value is -1.84. The molecule has 0 saturated carbocycles. The van der Waals surface area contributed by atoms with Gasteiger partial charge in [-0.2, -0.15) is 0 Å². The standard InChI is InChI=1S/3C7H12O2.Al/c3*1-3-4-5-6(2)7(8)9;/h3*5H,3-4H2,1-2H3,(H,8,9);/q;;;+3/p-3. The van der Waals surface area contributed by atoms with Crippen molar-refractivity contribution in [3.63, 3.8) is 0 Å². The molecular formula is C21H33AlO6. The summed E-state index contributed by atoms with van der Waals surface area (Å²) >= 11 is -3.35. The molecule has 0 heterocycles. The Kier molecular flexibility index (Phi) is 14.1. The van der Waals surface area contributed by atoms with E-state index in [1.54, 1.807) is 39.0 Å². The number of carbonyl (C=O) groups is 3. The Morgan fingerprint density at radius 1 is 0.607 bits per heavy atom. The summed E-state index contributed by atoms with van der Waals surface area (Å²) in [6.07, 6.45) is 10.1. The molecule has 0 unspecified atom stereocenters. The van der Waals surface area contributed by atoms with Gasteiger partial charge in [0.2, 0.25) is 0 Å². The molecule has 0 spiro atoms. The van der Waals surface area contributed by atoms with Crippen LogP contribution in [-0.2, 0) is 25.7 Å². The first-order valence-electron chi connectivity index (χ1n) is 9.89. The molecule has 0 aromatic rings. The first kappa shape index (κ1) is 26.2. The predicted octanol–water partition coefficient (Wildman–Crippen LogP) is 4.84. The molecule has 0 aromatic heterocycles. The lowest BCUT2D eigenvalue weighted by molar-refractivity contribution is -0.143. The molecule has 0 aliphatic rings. The van der Waals surface area contributed by atoms with Gasteiger partial charge in [-0.1, -0.05) is 58.3 Å². The van der Waals surface area contributed by atoms with Crippen molar-refractivity contribution < 1.29 is 25.7 Å². The lowest BCUT2D eigenvalue weighted by Crippen LogP contribution is -2.35. The zero-order chi connectivity index (χ0) is 21.5. The average Bonchev–Trinajstić information content (AvgIpc) is 2.67. The smallest absolute Gasteiger partial charge is 0.547 e. The van der Waals surface area contributed by atoms with Crippen LogP contribution in [0.5, 0.6) is 0 Å². The largest absolute Gasteiger partial charge is 1.20 e. The van der Waals surface area contributed by atoms with Crippen LogP contribution in [0.25, 0.3) is 0 Å². The molecule has 0 radical (unpaired) electrons. The van der Waals surface area contributed by atoms with E-state index in [1.807, 2.05) is 20.8 Å². The molecule has 0 aliphatic heterocycles. The molecule has 0 atom stereocenters. The Bertz CT molecular complexity index is 533. The van der Waals surface area contributed by atoms with E-state index in [4.69, 9.17) is 11.4 Å². The fourth-order valence-corrected chi connectivity index (χ4v) is 3.17. The summed E-state index contributed by atoms with van der Waals surface area (Å²) in [5.74, 6) is -1.93. The lowest BCUT2D eigenvalue weighted by atomic mass is 10.2. The van der Waals surface area contributed by atoms with Crippen LogP contribution in [0.3, 0.4) is 0 Å². The number of carbonyl (C=O) groups excluding carboxylic acids is 3. The molecule has 0 aromatic carbocycles. The van der Waals surface area contributed by atoms with E-state index >= 15 is 0 Å². The first-order chi connectivity index (χ1) is 13.3. The van der Waals surface area contributed by atoms with Gasteiger partial charge in [0, 0.05) is 16.7 Å². The second kappa shape index (κ2) is 15.1. The molecule has 0 amide bonds. The van der Waals surface area contributed by atoms with Gasteiger partial charge in [0.1, 0.15) is 0 Å². The maximum Gasteiger partial charge on any atom is 1.20 e. The highest BCUT2D eigenvalue weighted by Gasteiger charge is 2.49. The Morgan fingerprint density at radius 2 is 0.857 bits per heavy atom. The second-order valence-electron chi connectivity index (χ2n) is 6.53. The predicted molar refractivity (Wildman–Crippen MR) is 110 cm³/mol. The Balaban J connectivity index is 5.28. The number of hydrogen-bond donors (Lipinski definition) is 0. The third kappa shape index (κ3) is 11.1. The van der Waals surface area contributed by atoms with E-state index in [-0.39, 0.29) is 0 Å². The van der Waals surface area contributed by atoms with Crippen molar-refractivity contribution in [2.24, 2.45) is 0 Å². The molecule has 0 bridgehead atoms. The van der Waals surface area contributed by atoms with Crippen molar-refractivity contribution in [3.05, 3.63) is 34.9 Å². The number of rotatable bonds is 12. The fraction of sp³-hybridized carbons (Fsp3) is 0.571. The number of allylic oxidation sites excluding steroid dienone is 3. The maximum absolute atomic E-state index is 12.2. The van der Waals surface area contributed by atoms with Crippen molar-refractivity contribution >= 4 is 33.1 Å². The van der Waals surface area contributed by atoms with Crippen LogP contribution in [-0.4, -0.2) is 33.1 Å². The van der Waals surface area contributed by atoms with Crippen LogP contribution >= 0.6 is 0 Å². The van der Waals surface area contributed by atoms with Gasteiger partial charge in [0.25, 0.3) is 0 Å². The summed E-state index contributed by atoms with van der Waals surface area (Å²) in [6.45, 7) is 10.8. The minimum atomic E-state index is -3.35. The lowest BCUT2D eigenvalue weighted by Gasteiger charge is -2.14. The Morgan fingerprint density at radius 3 is 1.07 bits per heavy atom. The van der Waals surface area contributed by atoms with Gasteiger partial charge < -0.3 is 11.4 Å². The first-order valence-corrected chi connectivity index (χ1v) is 11.3. The maximum atomic E-state index is 12.2. The Labute approximate surface area is 174 Å². The minimum absolute atomic E-state index is 0.392. The van der Waals surface area contributed by atoms with Crippen molar-refractivity contribution in [2.75, 3.05) is 0 Å². The van der Waals surface area contributed by atoms with Crippen LogP contribution in [0.1, 0.15) is 80.1 Å². The van der Waals surface area contributed by atoms with E-state index < -0.39 is 33.1 Å². The third-order valence-corrected chi connectivity index (χ3v) is 5.01. The van der Waals surface area contributed by atoms with Gasteiger partial charge in [-0.05, 0) is 40.0 Å². The minimum Gasteiger partial charge on any atom is -0.547 e. The molecule has 0 rings (SSSR count). The fourth-order valence-electron chi connectivity index (χ4n) is 1.95. The number of unbranched alkanes of at least 4 members (excludes halogenated alkanes) is 3. The van der Waals surface area contributed by atoms with Gasteiger partial charge in [0.05, 0.1) is 0 Å². The van der Waals surface area contributed by atoms with Crippen molar-refractivity contribution in [1.82, 2.24) is 0 Å². The zero-order valence-electron chi connectivity index (χ0n) is 18.0. The van der Waals surface area contributed by atoms with E-state index in [0.29, 0.717) is 16.7 Å². The summed E-state index contributed by atoms with van der Waals surface area (Å²) in [5, 5.41) is 0. The van der Waals surface area contributed by atoms with Gasteiger partial charge in [-0.15, -0.1) is 0 Å². The third-order valence-electron chi connectivity index (χ3n) is 3.79. The van der Waals surface area contributed by atoms with Crippen LogP contribution in [0.15, 0.2) is 34.9 Å². The average molecular weight is 408 g/mol. The van der Waals surface area contributed by atoms with Gasteiger partial charge >= 0.3 is 33.1 Å². The molecule has 7 heteroatoms. The molecule has 0 aliphatic carbocycles. The van der Waals surface area contributed by atoms with Gasteiger partial charge in [-0.25, -0.2) is 0 Å². The highest BCUT2D eigenvalue weighted by atomic mass is 27.3. The molecule has 0 fully saturated rings. The van der Waals surface area contributed by atoms with Gasteiger partial charge in [-0.3, -0.25) is 14.4 Å². The van der Waals surface area contributed by atoms with Crippen LogP contribution < -0.4 is 0 Å². The van der Waals surface area contributed by atoms with Crippen molar-refractivity contribution in [3.8, 4) is 0 Å². The van der Waals surface area contributed by atoms with Gasteiger partial charge in [0.15, 0.2) is 0 Å². The normalized spacial score (nSPS) is 12.4. The molecule has 0 saturated heterocycles. The summed E-state index contributed by atoms with van der Waals surface area (Å²) in [5.41, 5.74) is 1.17. The monoisotopic (exact) mass is 408 g/mol. The highest BCUT2D eigenvalue weighted by molar-refractivity contribution is 6.45. The molecular weight excluding hydrogens is 375 g/mol. The summed E-state index contributed by atoms with van der Waals surface area (Å²) in [7, 11) is 0.